The molecule has 0 aromatic rings. The number of hydrogen-bond acceptors (Lipinski definition) is 7. The average Bonchev–Trinajstić information content (AvgIpc) is 3.14. The van der Waals surface area contributed by atoms with E-state index in [-0.39, 0.29) is 25.3 Å². The maximum Gasteiger partial charge on any atom is 0.308 e. The second-order valence-electron chi connectivity index (χ2n) is 9.75. The molecule has 0 bridgehead atoms. The summed E-state index contributed by atoms with van der Waals surface area (Å²) in [7, 11) is 0. The smallest absolute Gasteiger partial charge is 0.308 e. The number of rotatable bonds is 10. The molecule has 3 amide bonds. The Balaban J connectivity index is 2.66. The van der Waals surface area contributed by atoms with E-state index in [1.807, 2.05) is 5.32 Å². The van der Waals surface area contributed by atoms with Crippen molar-refractivity contribution in [2.24, 2.45) is 11.7 Å². The van der Waals surface area contributed by atoms with Gasteiger partial charge < -0.3 is 26.0 Å². The van der Waals surface area contributed by atoms with Gasteiger partial charge in [-0.15, -0.1) is 0 Å². The highest BCUT2D eigenvalue weighted by Gasteiger charge is 2.38. The summed E-state index contributed by atoms with van der Waals surface area (Å²) in [5.74, 6) is -3.45. The van der Waals surface area contributed by atoms with Crippen LogP contribution in [-0.2, 0) is 28.7 Å². The van der Waals surface area contributed by atoms with E-state index in [0.29, 0.717) is 12.8 Å². The molecule has 0 aliphatic carbocycles. The predicted molar refractivity (Wildman–Crippen MR) is 118 cm³/mol. The first kappa shape index (κ1) is 28.5. The van der Waals surface area contributed by atoms with E-state index in [4.69, 9.17) is 10.5 Å². The standard InChI is InChI=1S/C22H37FN4O6/c1-12(2)10-16(28)18(23)26-20(31)15-8-7-9-27(15)21(32)13(3)25-19(30)14(24)11-17(29)33-22(4,5)6/h12-15,18H,7-11,24H2,1-6H3,(H,25,30)(H,26,31). The van der Waals surface area contributed by atoms with Crippen molar-refractivity contribution in [3.63, 3.8) is 0 Å². The first-order valence-corrected chi connectivity index (χ1v) is 11.2. The minimum Gasteiger partial charge on any atom is -0.460 e. The maximum absolute atomic E-state index is 14.1. The fourth-order valence-corrected chi connectivity index (χ4v) is 3.40. The third-order valence-corrected chi connectivity index (χ3v) is 4.87. The zero-order chi connectivity index (χ0) is 25.5. The van der Waals surface area contributed by atoms with Crippen LogP contribution < -0.4 is 16.4 Å². The zero-order valence-electron chi connectivity index (χ0n) is 20.3. The Morgan fingerprint density at radius 2 is 1.70 bits per heavy atom. The molecule has 188 valence electrons. The van der Waals surface area contributed by atoms with E-state index in [1.165, 1.54) is 11.8 Å². The third-order valence-electron chi connectivity index (χ3n) is 4.87. The fourth-order valence-electron chi connectivity index (χ4n) is 3.40. The molecule has 0 radical (unpaired) electrons. The number of carbonyl (C=O) groups excluding carboxylic acids is 5. The minimum atomic E-state index is -2.14. The molecule has 10 nitrogen and oxygen atoms in total. The van der Waals surface area contributed by atoms with Crippen LogP contribution in [0.3, 0.4) is 0 Å². The number of nitrogens with one attached hydrogen (secondary N) is 2. The molecular formula is C22H37FN4O6. The maximum atomic E-state index is 14.1. The lowest BCUT2D eigenvalue weighted by Gasteiger charge is -2.28. The Kier molecular flexibility index (Phi) is 10.4. The molecule has 4 unspecified atom stereocenters. The van der Waals surface area contributed by atoms with E-state index in [1.54, 1.807) is 34.6 Å². The van der Waals surface area contributed by atoms with E-state index in [0.717, 1.165) is 0 Å². The largest absolute Gasteiger partial charge is 0.460 e. The molecule has 1 aliphatic rings. The van der Waals surface area contributed by atoms with Crippen molar-refractivity contribution in [1.29, 1.82) is 0 Å². The van der Waals surface area contributed by atoms with Gasteiger partial charge in [0.25, 0.3) is 0 Å². The topological polar surface area (TPSA) is 148 Å². The molecular weight excluding hydrogens is 435 g/mol. The predicted octanol–water partition coefficient (Wildman–Crippen LogP) is 0.568. The number of nitrogens with zero attached hydrogens (tertiary/aromatic N) is 1. The average molecular weight is 473 g/mol. The summed E-state index contributed by atoms with van der Waals surface area (Å²) < 4.78 is 19.3. The molecule has 11 heteroatoms. The van der Waals surface area contributed by atoms with Gasteiger partial charge in [0, 0.05) is 13.0 Å². The van der Waals surface area contributed by atoms with Gasteiger partial charge in [0.05, 0.1) is 12.5 Å². The quantitative estimate of drug-likeness (QED) is 0.311. The summed E-state index contributed by atoms with van der Waals surface area (Å²) in [6.45, 7) is 10.3. The monoisotopic (exact) mass is 472 g/mol. The Hall–Kier alpha value is -2.56. The van der Waals surface area contributed by atoms with Crippen LogP contribution in [0.4, 0.5) is 4.39 Å². The van der Waals surface area contributed by atoms with E-state index >= 15 is 0 Å². The third kappa shape index (κ3) is 9.45. The number of esters is 1. The van der Waals surface area contributed by atoms with Crippen molar-refractivity contribution in [3.05, 3.63) is 0 Å². The van der Waals surface area contributed by atoms with Gasteiger partial charge >= 0.3 is 5.97 Å². The van der Waals surface area contributed by atoms with Gasteiger partial charge in [-0.3, -0.25) is 24.0 Å². The van der Waals surface area contributed by atoms with Crippen LogP contribution in [0.15, 0.2) is 0 Å². The lowest BCUT2D eigenvalue weighted by molar-refractivity contribution is -0.156. The minimum absolute atomic E-state index is 0.0125. The number of amides is 3. The molecule has 0 spiro atoms. The number of Topliss-reactive ketones (excluding diaryl/α,β-unsaturated/α-hetero) is 1. The molecule has 0 aromatic carbocycles. The Labute approximate surface area is 194 Å². The summed E-state index contributed by atoms with van der Waals surface area (Å²) >= 11 is 0. The van der Waals surface area contributed by atoms with Crippen molar-refractivity contribution in [2.45, 2.75) is 97.2 Å². The van der Waals surface area contributed by atoms with Crippen LogP contribution in [0, 0.1) is 5.92 Å². The van der Waals surface area contributed by atoms with Crippen LogP contribution in [-0.4, -0.2) is 70.9 Å². The molecule has 33 heavy (non-hydrogen) atoms. The van der Waals surface area contributed by atoms with Crippen LogP contribution >= 0.6 is 0 Å². The number of carbonyl (C=O) groups is 5. The van der Waals surface area contributed by atoms with Crippen LogP contribution in [0.25, 0.3) is 0 Å². The summed E-state index contributed by atoms with van der Waals surface area (Å²) in [6.07, 6.45) is -1.69. The first-order chi connectivity index (χ1) is 15.1. The summed E-state index contributed by atoms with van der Waals surface area (Å²) in [6, 6.07) is -3.19. The molecule has 1 aliphatic heterocycles. The van der Waals surface area contributed by atoms with E-state index in [9.17, 15) is 28.4 Å². The van der Waals surface area contributed by atoms with Gasteiger partial charge in [-0.2, -0.15) is 0 Å². The SMILES string of the molecule is CC(C)CC(=O)C(F)NC(=O)C1CCCN1C(=O)C(C)NC(=O)C(N)CC(=O)OC(C)(C)C. The number of hydrogen-bond donors (Lipinski definition) is 3. The lowest BCUT2D eigenvalue weighted by Crippen LogP contribution is -2.55. The van der Waals surface area contributed by atoms with Gasteiger partial charge in [0.15, 0.2) is 5.78 Å². The number of nitrogens with two attached hydrogens (primary N) is 1. The van der Waals surface area contributed by atoms with Gasteiger partial charge in [0.2, 0.25) is 24.0 Å². The second-order valence-corrected chi connectivity index (χ2v) is 9.75. The Bertz CT molecular complexity index is 752. The van der Waals surface area contributed by atoms with E-state index < -0.39 is 59.5 Å². The zero-order valence-corrected chi connectivity index (χ0v) is 20.3. The van der Waals surface area contributed by atoms with Gasteiger partial charge in [0.1, 0.15) is 17.7 Å². The molecule has 1 fully saturated rings. The van der Waals surface area contributed by atoms with Gasteiger partial charge in [-0.05, 0) is 46.5 Å². The van der Waals surface area contributed by atoms with Crippen LogP contribution in [0.2, 0.25) is 0 Å². The first-order valence-electron chi connectivity index (χ1n) is 11.2. The normalized spacial score (nSPS) is 18.9. The van der Waals surface area contributed by atoms with Crippen molar-refractivity contribution in [1.82, 2.24) is 15.5 Å². The highest BCUT2D eigenvalue weighted by Crippen LogP contribution is 2.19. The van der Waals surface area contributed by atoms with Crippen LogP contribution in [0.5, 0.6) is 0 Å². The van der Waals surface area contributed by atoms with Gasteiger partial charge in [-0.25, -0.2) is 4.39 Å². The number of ether oxygens (including phenoxy) is 1. The molecule has 0 aromatic heterocycles. The molecule has 0 saturated carbocycles. The van der Waals surface area contributed by atoms with Crippen molar-refractivity contribution in [2.75, 3.05) is 6.54 Å². The highest BCUT2D eigenvalue weighted by atomic mass is 19.1. The molecule has 1 heterocycles. The van der Waals surface area contributed by atoms with Gasteiger partial charge in [-0.1, -0.05) is 13.8 Å². The van der Waals surface area contributed by atoms with E-state index in [2.05, 4.69) is 5.32 Å². The fraction of sp³-hybridized carbons (Fsp3) is 0.773. The lowest BCUT2D eigenvalue weighted by atomic mass is 10.1. The molecule has 4 atom stereocenters. The Morgan fingerprint density at radius 1 is 1.09 bits per heavy atom. The number of alkyl halides is 1. The van der Waals surface area contributed by atoms with Crippen molar-refractivity contribution < 1.29 is 33.1 Å². The Morgan fingerprint density at radius 3 is 2.24 bits per heavy atom. The number of ketones is 1. The summed E-state index contributed by atoms with van der Waals surface area (Å²) in [5.41, 5.74) is 5.03. The molecule has 1 saturated heterocycles. The number of likely N-dealkylation sites (tertiary alicyclic amines) is 1. The second kappa shape index (κ2) is 12.1. The van der Waals surface area contributed by atoms with Crippen LogP contribution in [0.1, 0.15) is 67.2 Å². The van der Waals surface area contributed by atoms with Crippen molar-refractivity contribution in [3.8, 4) is 0 Å². The molecule has 1 rings (SSSR count). The summed E-state index contributed by atoms with van der Waals surface area (Å²) in [5, 5.41) is 4.48. The molecule has 4 N–H and O–H groups in total. The number of halogens is 1. The van der Waals surface area contributed by atoms with Crippen molar-refractivity contribution >= 4 is 29.5 Å². The highest BCUT2D eigenvalue weighted by molar-refractivity contribution is 5.95. The summed E-state index contributed by atoms with van der Waals surface area (Å²) in [4.78, 5) is 62.6.